The highest BCUT2D eigenvalue weighted by atomic mass is 32.2. The number of guanidine groups is 3. The van der Waals surface area contributed by atoms with Crippen molar-refractivity contribution in [3.8, 4) is 0 Å². The van der Waals surface area contributed by atoms with Gasteiger partial charge in [0.2, 0.25) is 88.6 Å². The molecule has 4 aliphatic heterocycles. The molecule has 0 saturated carbocycles. The summed E-state index contributed by atoms with van der Waals surface area (Å²) in [5.41, 5.74) is 40.0. The Balaban J connectivity index is 1.15. The summed E-state index contributed by atoms with van der Waals surface area (Å²) in [6, 6.07) is -9.18. The monoisotopic (exact) mass is 1700 g/mol. The molecule has 0 spiro atoms. The molecule has 27 N–H and O–H groups in total. The molecule has 2 aromatic rings. The van der Waals surface area contributed by atoms with Crippen LogP contribution in [0, 0.1) is 11.8 Å². The standard InChI is InChI=1S/C75H120N26O16S2/c1-40(2)33-49(94-68(113)55-21-13-30-100(55)70(115)48(25-32-119-5)92-67(112)53(38-118)97-61(106)45(18-10-27-85-74(79)80)89-60(105)44(17-9-26-84-73(77)78)90-62(107)47-23-24-57(103)88-47)64(109)93-50(35-43-36-83-39-87-43)65(110)96-52(37-102)66(111)91-46(19-11-28-86-75(81)82)63(108)98-58(41(3)4)72(117)101-31-14-22-56(101)69(114)95-51(34-42-15-7-6-8-16-42)71(116)99-29-12-20-54(99)59(76)104/h6-8,15-16,36,39-41,44-56,58,102,118H,9-14,17-35,37-38H2,1-5H3,(H2,76,104)(H,83,87)(H,88,103)(H,89,105)(H,90,107)(H,91,111)(H,92,112)(H,93,109)(H,94,113)(H,95,114)(H,96,110)(H,97,106)(H,98,108)(H4,77,78,84)(H4,79,80,85)(H4,81,82,86)/t44-,45-,46-,47?,48-,49-,50-,51-,52-,53-,54-,55-,56-,58-/m0/s1. The number of imidazole rings is 1. The zero-order valence-electron chi connectivity index (χ0n) is 68.0. The molecule has 42 nitrogen and oxygen atoms in total. The van der Waals surface area contributed by atoms with Crippen molar-refractivity contribution in [1.29, 1.82) is 0 Å². The largest absolute Gasteiger partial charge is 0.394 e. The smallest absolute Gasteiger partial charge is 0.246 e. The van der Waals surface area contributed by atoms with Crippen molar-refractivity contribution >= 4 is 131 Å². The summed E-state index contributed by atoms with van der Waals surface area (Å²) in [6.07, 6.45) is 6.58. The van der Waals surface area contributed by atoms with E-state index in [1.165, 1.54) is 39.0 Å². The molecular weight excluding hydrogens is 1590 g/mol. The van der Waals surface area contributed by atoms with E-state index in [0.29, 0.717) is 42.7 Å². The van der Waals surface area contributed by atoms with Crippen LogP contribution < -0.4 is 98.6 Å². The molecule has 0 bridgehead atoms. The third-order valence-electron chi connectivity index (χ3n) is 20.5. The summed E-state index contributed by atoms with van der Waals surface area (Å²) in [6.45, 7) is 6.28. The van der Waals surface area contributed by atoms with Crippen molar-refractivity contribution in [2.45, 2.75) is 228 Å². The summed E-state index contributed by atoms with van der Waals surface area (Å²) in [7, 11) is 0. The molecule has 4 saturated heterocycles. The molecule has 1 aromatic heterocycles. The van der Waals surface area contributed by atoms with Crippen LogP contribution in [0.2, 0.25) is 0 Å². The lowest BCUT2D eigenvalue weighted by Crippen LogP contribution is -2.62. The first-order chi connectivity index (χ1) is 56.6. The molecule has 1 aromatic carbocycles. The summed E-state index contributed by atoms with van der Waals surface area (Å²) >= 11 is 5.73. The van der Waals surface area contributed by atoms with E-state index in [4.69, 9.17) is 40.1 Å². The Labute approximate surface area is 700 Å². The minimum Gasteiger partial charge on any atom is -0.394 e. The molecule has 1 unspecified atom stereocenters. The average molecular weight is 1710 g/mol. The van der Waals surface area contributed by atoms with Crippen LogP contribution in [-0.4, -0.2) is 284 Å². The SMILES string of the molecule is CSCC[C@H](NC(=O)[C@H](CS)NC(=O)[C@H](CCCN=C(N)N)NC(=O)[C@H](CCCN=C(N)N)NC(=O)C1CCC(=O)N1)C(=O)N1CCC[C@H]1C(=O)N[C@@H](CC(C)C)C(=O)N[C@@H](Cc1cnc[nH]1)C(=O)N[C@@H](CO)C(=O)N[C@@H](CCCN=C(N)N)C(=O)N[C@H](C(=O)N1CCC[C@H]1C(=O)N[C@@H](Cc1ccccc1)C(=O)N1CCC[C@H]1C(N)=O)C(C)C. The number of hydrogen-bond donors (Lipinski definition) is 21. The van der Waals surface area contributed by atoms with E-state index in [0.717, 1.165) is 0 Å². The second-order valence-electron chi connectivity index (χ2n) is 30.5. The number of amides is 15. The Bertz CT molecular complexity index is 3900. The highest BCUT2D eigenvalue weighted by Gasteiger charge is 2.45. The second-order valence-corrected chi connectivity index (χ2v) is 31.9. The molecule has 658 valence electrons. The maximum atomic E-state index is 14.8. The van der Waals surface area contributed by atoms with Crippen LogP contribution in [-0.2, 0) is 84.8 Å². The maximum Gasteiger partial charge on any atom is 0.246 e. The summed E-state index contributed by atoms with van der Waals surface area (Å²) in [5, 5.41) is 40.1. The van der Waals surface area contributed by atoms with Crippen molar-refractivity contribution in [3.63, 3.8) is 0 Å². The number of carbonyl (C=O) groups excluding carboxylic acids is 15. The van der Waals surface area contributed by atoms with E-state index >= 15 is 0 Å². The molecule has 119 heavy (non-hydrogen) atoms. The summed E-state index contributed by atoms with van der Waals surface area (Å²) in [5.74, 6) is -12.9. The Hall–Kier alpha value is -11.1. The number of aliphatic imine (C=N–C) groups is 3. The van der Waals surface area contributed by atoms with Gasteiger partial charge in [-0.15, -0.1) is 0 Å². The van der Waals surface area contributed by atoms with Crippen molar-refractivity contribution in [2.24, 2.45) is 66.9 Å². The van der Waals surface area contributed by atoms with Gasteiger partial charge in [-0.3, -0.25) is 86.9 Å². The Kier molecular flexibility index (Phi) is 39.6. The molecule has 0 aliphatic carbocycles. The number of likely N-dealkylation sites (tertiary alicyclic amines) is 3. The minimum atomic E-state index is -1.81. The Morgan fingerprint density at radius 1 is 0.521 bits per heavy atom. The number of rotatable bonds is 48. The van der Waals surface area contributed by atoms with Gasteiger partial charge in [-0.05, 0) is 126 Å². The van der Waals surface area contributed by atoms with E-state index in [-0.39, 0.29) is 165 Å². The van der Waals surface area contributed by atoms with Gasteiger partial charge < -0.3 is 123 Å². The number of nitrogens with two attached hydrogens (primary N) is 7. The zero-order chi connectivity index (χ0) is 87.6. The van der Waals surface area contributed by atoms with E-state index in [1.54, 1.807) is 64.3 Å². The lowest BCUT2D eigenvalue weighted by atomic mass is 10.0. The molecule has 6 rings (SSSR count). The first-order valence-electron chi connectivity index (χ1n) is 40.1. The van der Waals surface area contributed by atoms with E-state index < -0.39 is 180 Å². The van der Waals surface area contributed by atoms with Crippen LogP contribution >= 0.6 is 24.4 Å². The number of aliphatic hydroxyl groups excluding tert-OH is 1. The molecule has 4 fully saturated rings. The molecule has 0 radical (unpaired) electrons. The van der Waals surface area contributed by atoms with Crippen LogP contribution in [0.4, 0.5) is 0 Å². The number of aromatic nitrogens is 2. The summed E-state index contributed by atoms with van der Waals surface area (Å²) in [4.78, 5) is 235. The Morgan fingerprint density at radius 3 is 1.44 bits per heavy atom. The quantitative estimate of drug-likeness (QED) is 0.0127. The number of benzene rings is 1. The minimum absolute atomic E-state index is 0.00912. The number of hydrogen-bond acceptors (Lipinski definition) is 22. The number of carbonyl (C=O) groups is 15. The van der Waals surface area contributed by atoms with Crippen molar-refractivity contribution in [1.82, 2.24) is 83.2 Å². The van der Waals surface area contributed by atoms with Gasteiger partial charge in [0.25, 0.3) is 0 Å². The lowest BCUT2D eigenvalue weighted by Gasteiger charge is -2.33. The number of aliphatic hydroxyl groups is 1. The van der Waals surface area contributed by atoms with Crippen LogP contribution in [0.25, 0.3) is 0 Å². The maximum absolute atomic E-state index is 14.8. The van der Waals surface area contributed by atoms with Gasteiger partial charge in [0.05, 0.1) is 12.9 Å². The number of primary amides is 1. The third kappa shape index (κ3) is 30.7. The van der Waals surface area contributed by atoms with Gasteiger partial charge in [-0.25, -0.2) is 4.98 Å². The number of thiol groups is 1. The molecule has 15 amide bonds. The predicted molar refractivity (Wildman–Crippen MR) is 444 cm³/mol. The lowest BCUT2D eigenvalue weighted by molar-refractivity contribution is -0.144. The van der Waals surface area contributed by atoms with Crippen LogP contribution in [0.3, 0.4) is 0 Å². The van der Waals surface area contributed by atoms with E-state index in [2.05, 4.69) is 96.1 Å². The second kappa shape index (κ2) is 48.7. The van der Waals surface area contributed by atoms with Crippen LogP contribution in [0.1, 0.15) is 142 Å². The van der Waals surface area contributed by atoms with Crippen LogP contribution in [0.15, 0.2) is 57.8 Å². The highest BCUT2D eigenvalue weighted by Crippen LogP contribution is 2.26. The molecule has 14 atom stereocenters. The number of aromatic amines is 1. The van der Waals surface area contributed by atoms with Gasteiger partial charge in [0.1, 0.15) is 84.6 Å². The Morgan fingerprint density at radius 2 is 0.958 bits per heavy atom. The number of thioether (sulfide) groups is 1. The van der Waals surface area contributed by atoms with Gasteiger partial charge in [-0.2, -0.15) is 24.4 Å². The number of nitrogens with one attached hydrogen (secondary N) is 12. The zero-order valence-corrected chi connectivity index (χ0v) is 69.7. The van der Waals surface area contributed by atoms with Crippen molar-refractivity contribution in [3.05, 3.63) is 54.1 Å². The third-order valence-corrected chi connectivity index (χ3v) is 21.5. The summed E-state index contributed by atoms with van der Waals surface area (Å²) < 4.78 is 0. The number of nitrogens with zero attached hydrogens (tertiary/aromatic N) is 7. The fraction of sp³-hybridized carbons (Fsp3) is 0.640. The molecule has 5 heterocycles. The normalized spacial score (nSPS) is 18.8. The van der Waals surface area contributed by atoms with E-state index in [9.17, 15) is 77.0 Å². The molecule has 44 heteroatoms. The van der Waals surface area contributed by atoms with Crippen molar-refractivity contribution in [2.75, 3.05) is 63.6 Å². The van der Waals surface area contributed by atoms with Gasteiger partial charge in [-0.1, -0.05) is 58.0 Å². The van der Waals surface area contributed by atoms with Crippen LogP contribution in [0.5, 0.6) is 0 Å². The fourth-order valence-electron chi connectivity index (χ4n) is 14.3. The first kappa shape index (κ1) is 96.8. The van der Waals surface area contributed by atoms with Gasteiger partial charge >= 0.3 is 0 Å². The topological polar surface area (TPSA) is 666 Å². The fourth-order valence-corrected chi connectivity index (χ4v) is 15.0. The molecule has 4 aliphatic rings. The first-order valence-corrected chi connectivity index (χ1v) is 42.1. The average Bonchev–Trinajstić information content (AvgIpc) is 1.74. The van der Waals surface area contributed by atoms with Crippen molar-refractivity contribution < 1.29 is 77.0 Å². The van der Waals surface area contributed by atoms with E-state index in [1.807, 2.05) is 0 Å². The highest BCUT2D eigenvalue weighted by molar-refractivity contribution is 7.98. The predicted octanol–water partition coefficient (Wildman–Crippen LogP) is -6.68. The molecular formula is C75H120N26O16S2. The van der Waals surface area contributed by atoms with Gasteiger partial charge in [0, 0.05) is 76.2 Å². The number of H-pyrrole nitrogens is 1. The van der Waals surface area contributed by atoms with Gasteiger partial charge in [0.15, 0.2) is 17.9 Å².